The number of sulfonamides is 1. The molecule has 2 heterocycles. The molecule has 7 nitrogen and oxygen atoms in total. The van der Waals surface area contributed by atoms with E-state index in [1.165, 1.54) is 0 Å². The molecule has 0 atom stereocenters. The summed E-state index contributed by atoms with van der Waals surface area (Å²) in [6.45, 7) is 1.15. The monoisotopic (exact) mass is 384 g/mol. The minimum absolute atomic E-state index is 0.0612. The maximum Gasteiger partial charge on any atom is 0.285 e. The molecule has 3 N–H and O–H groups in total. The second-order valence-corrected chi connectivity index (χ2v) is 8.30. The fourth-order valence-electron chi connectivity index (χ4n) is 3.52. The molecule has 0 saturated carbocycles. The number of amides is 1. The topological polar surface area (TPSA) is 105 Å². The van der Waals surface area contributed by atoms with E-state index in [9.17, 15) is 13.2 Å². The molecular weight excluding hydrogens is 364 g/mol. The van der Waals surface area contributed by atoms with Gasteiger partial charge in [0.25, 0.3) is 10.0 Å². The Kier molecular flexibility index (Phi) is 4.35. The largest absolute Gasteiger partial charge is 0.397 e. The summed E-state index contributed by atoms with van der Waals surface area (Å²) in [5, 5.41) is 2.88. The number of nitrogen functional groups attached to an aromatic ring is 1. The second-order valence-electron chi connectivity index (χ2n) is 6.72. The van der Waals surface area contributed by atoms with Crippen LogP contribution in [0, 0.1) is 5.92 Å². The summed E-state index contributed by atoms with van der Waals surface area (Å²) in [6.07, 6.45) is 1.25. The number of carbonyl (C=O) groups excluding carboxylic acids is 1. The summed E-state index contributed by atoms with van der Waals surface area (Å²) in [6, 6.07) is 14.0. The van der Waals surface area contributed by atoms with Gasteiger partial charge in [0.1, 0.15) is 4.90 Å². The van der Waals surface area contributed by atoms with Crippen LogP contribution in [0.25, 0.3) is 0 Å². The minimum Gasteiger partial charge on any atom is -0.397 e. The Morgan fingerprint density at radius 2 is 1.74 bits per heavy atom. The molecule has 2 aliphatic rings. The number of fused-ring (bicyclic) bond motifs is 1. The number of para-hydroxylation sites is 2. The van der Waals surface area contributed by atoms with Gasteiger partial charge in [0.05, 0.1) is 11.4 Å². The molecule has 1 amide bonds. The van der Waals surface area contributed by atoms with Crippen molar-refractivity contribution in [3.63, 3.8) is 0 Å². The first-order valence-electron chi connectivity index (χ1n) is 8.80. The summed E-state index contributed by atoms with van der Waals surface area (Å²) < 4.78 is 28.4. The van der Waals surface area contributed by atoms with Crippen molar-refractivity contribution >= 4 is 33.1 Å². The van der Waals surface area contributed by atoms with Crippen molar-refractivity contribution in [3.05, 3.63) is 54.1 Å². The Balaban J connectivity index is 1.44. The van der Waals surface area contributed by atoms with Crippen LogP contribution in [0.4, 0.5) is 11.4 Å². The highest BCUT2D eigenvalue weighted by molar-refractivity contribution is 7.90. The highest BCUT2D eigenvalue weighted by Gasteiger charge is 2.34. The van der Waals surface area contributed by atoms with Crippen LogP contribution in [0.3, 0.4) is 0 Å². The van der Waals surface area contributed by atoms with Crippen LogP contribution < -0.4 is 11.1 Å². The Hall–Kier alpha value is -2.87. The molecule has 27 heavy (non-hydrogen) atoms. The molecule has 0 spiro atoms. The number of benzene rings is 2. The normalized spacial score (nSPS) is 18.7. The van der Waals surface area contributed by atoms with Crippen LogP contribution in [0.15, 0.2) is 57.8 Å². The average molecular weight is 384 g/mol. The molecule has 2 aromatic carbocycles. The first-order valence-corrected chi connectivity index (χ1v) is 10.2. The Morgan fingerprint density at radius 1 is 1.07 bits per heavy atom. The lowest BCUT2D eigenvalue weighted by atomic mass is 9.95. The van der Waals surface area contributed by atoms with E-state index in [0.29, 0.717) is 48.7 Å². The van der Waals surface area contributed by atoms with Crippen LogP contribution in [0.1, 0.15) is 18.4 Å². The van der Waals surface area contributed by atoms with E-state index < -0.39 is 10.0 Å². The summed E-state index contributed by atoms with van der Waals surface area (Å²) in [4.78, 5) is 14.7. The van der Waals surface area contributed by atoms with Gasteiger partial charge >= 0.3 is 0 Å². The van der Waals surface area contributed by atoms with E-state index >= 15 is 0 Å². The summed E-state index contributed by atoms with van der Waals surface area (Å²) in [5.74, 6) is 0.278. The van der Waals surface area contributed by atoms with Gasteiger partial charge < -0.3 is 16.0 Å². The number of hydrogen-bond donors (Lipinski definition) is 2. The van der Waals surface area contributed by atoms with Crippen LogP contribution in [-0.4, -0.2) is 38.2 Å². The molecule has 0 unspecified atom stereocenters. The van der Waals surface area contributed by atoms with Crippen molar-refractivity contribution in [2.75, 3.05) is 24.1 Å². The first-order chi connectivity index (χ1) is 13.0. The van der Waals surface area contributed by atoms with Crippen molar-refractivity contribution in [1.29, 1.82) is 0 Å². The third-order valence-corrected chi connectivity index (χ3v) is 6.32. The van der Waals surface area contributed by atoms with Gasteiger partial charge in [0.2, 0.25) is 5.91 Å². The minimum atomic E-state index is -3.63. The number of amidine groups is 1. The van der Waals surface area contributed by atoms with Crippen LogP contribution in [0.2, 0.25) is 0 Å². The van der Waals surface area contributed by atoms with E-state index in [0.717, 1.165) is 0 Å². The van der Waals surface area contributed by atoms with Gasteiger partial charge in [0.15, 0.2) is 5.84 Å². The summed E-state index contributed by atoms with van der Waals surface area (Å²) >= 11 is 0. The highest BCUT2D eigenvalue weighted by Crippen LogP contribution is 2.30. The Bertz CT molecular complexity index is 1020. The van der Waals surface area contributed by atoms with Gasteiger partial charge in [-0.25, -0.2) is 0 Å². The number of piperidine rings is 1. The number of nitrogens with zero attached hydrogens (tertiary/aromatic N) is 2. The molecule has 2 aliphatic heterocycles. The molecule has 140 valence electrons. The van der Waals surface area contributed by atoms with Gasteiger partial charge in [-0.05, 0) is 37.1 Å². The van der Waals surface area contributed by atoms with Crippen molar-refractivity contribution in [1.82, 2.24) is 4.90 Å². The van der Waals surface area contributed by atoms with Crippen molar-refractivity contribution in [3.8, 4) is 0 Å². The zero-order valence-corrected chi connectivity index (χ0v) is 15.4. The number of likely N-dealkylation sites (tertiary alicyclic amines) is 1. The molecule has 1 saturated heterocycles. The van der Waals surface area contributed by atoms with Crippen LogP contribution in [-0.2, 0) is 14.8 Å². The number of anilines is 2. The lowest BCUT2D eigenvalue weighted by Crippen LogP contribution is -2.41. The first kappa shape index (κ1) is 17.5. The van der Waals surface area contributed by atoms with E-state index in [1.54, 1.807) is 36.4 Å². The van der Waals surface area contributed by atoms with Gasteiger partial charge in [-0.1, -0.05) is 24.3 Å². The SMILES string of the molecule is Nc1ccccc1NC(=O)C1CCN(C2=NS(=O)(=O)c3ccccc32)CC1. The average Bonchev–Trinajstić information content (AvgIpc) is 2.95. The Labute approximate surface area is 157 Å². The van der Waals surface area contributed by atoms with Crippen molar-refractivity contribution in [2.45, 2.75) is 17.7 Å². The molecule has 1 fully saturated rings. The van der Waals surface area contributed by atoms with E-state index in [1.807, 2.05) is 17.0 Å². The summed E-state index contributed by atoms with van der Waals surface area (Å²) in [7, 11) is -3.63. The third kappa shape index (κ3) is 3.28. The lowest BCUT2D eigenvalue weighted by molar-refractivity contribution is -0.120. The lowest BCUT2D eigenvalue weighted by Gasteiger charge is -2.32. The Morgan fingerprint density at radius 3 is 2.48 bits per heavy atom. The molecular formula is C19H20N4O3S. The van der Waals surface area contributed by atoms with Gasteiger partial charge in [-0.15, -0.1) is 4.40 Å². The number of rotatable bonds is 2. The molecule has 0 bridgehead atoms. The third-order valence-electron chi connectivity index (χ3n) is 5.00. The molecule has 0 aliphatic carbocycles. The predicted octanol–water partition coefficient (Wildman–Crippen LogP) is 2.07. The van der Waals surface area contributed by atoms with Gasteiger partial charge in [0, 0.05) is 24.6 Å². The standard InChI is InChI=1S/C19H20N4O3S/c20-15-6-2-3-7-16(15)21-19(24)13-9-11-23(12-10-13)18-14-5-1-4-8-17(14)27(25,26)22-18/h1-8,13H,9-12,20H2,(H,21,24). The van der Waals surface area contributed by atoms with E-state index in [-0.39, 0.29) is 16.7 Å². The molecule has 8 heteroatoms. The molecule has 0 radical (unpaired) electrons. The molecule has 4 rings (SSSR count). The van der Waals surface area contributed by atoms with Gasteiger partial charge in [-0.2, -0.15) is 8.42 Å². The fraction of sp³-hybridized carbons (Fsp3) is 0.263. The zero-order chi connectivity index (χ0) is 19.0. The smallest absolute Gasteiger partial charge is 0.285 e. The van der Waals surface area contributed by atoms with Gasteiger partial charge in [-0.3, -0.25) is 4.79 Å². The molecule has 0 aromatic heterocycles. The molecule has 2 aromatic rings. The summed E-state index contributed by atoms with van der Waals surface area (Å²) in [5.41, 5.74) is 7.66. The van der Waals surface area contributed by atoms with E-state index in [4.69, 9.17) is 5.73 Å². The number of nitrogens with one attached hydrogen (secondary N) is 1. The highest BCUT2D eigenvalue weighted by atomic mass is 32.2. The number of nitrogens with two attached hydrogens (primary N) is 1. The fourth-order valence-corrected chi connectivity index (χ4v) is 4.74. The number of hydrogen-bond acceptors (Lipinski definition) is 5. The number of carbonyl (C=O) groups is 1. The maximum atomic E-state index is 12.5. The second kappa shape index (κ2) is 6.70. The van der Waals surface area contributed by atoms with Crippen LogP contribution in [0.5, 0.6) is 0 Å². The maximum absolute atomic E-state index is 12.5. The van der Waals surface area contributed by atoms with E-state index in [2.05, 4.69) is 9.71 Å². The quantitative estimate of drug-likeness (QED) is 0.771. The van der Waals surface area contributed by atoms with Crippen molar-refractivity contribution < 1.29 is 13.2 Å². The van der Waals surface area contributed by atoms with Crippen LogP contribution >= 0.6 is 0 Å². The zero-order valence-electron chi connectivity index (χ0n) is 14.6. The van der Waals surface area contributed by atoms with Crippen molar-refractivity contribution in [2.24, 2.45) is 10.3 Å². The predicted molar refractivity (Wildman–Crippen MR) is 104 cm³/mol.